The Morgan fingerprint density at radius 2 is 2.00 bits per heavy atom. The number of phenols is 1. The molecule has 2 aromatic carbocycles. The minimum absolute atomic E-state index is 0.0309. The van der Waals surface area contributed by atoms with Crippen molar-refractivity contribution in [3.63, 3.8) is 0 Å². The first kappa shape index (κ1) is 20.5. The number of phenolic OH excluding ortho intramolecular Hbond substituents is 1. The van der Waals surface area contributed by atoms with Gasteiger partial charge in [-0.05, 0) is 72.7 Å². The lowest BCUT2D eigenvalue weighted by atomic mass is 9.80. The normalized spacial score (nSPS) is 22.5. The Balaban J connectivity index is 1.86. The van der Waals surface area contributed by atoms with Gasteiger partial charge in [0.05, 0.1) is 12.6 Å². The molecule has 1 amide bonds. The van der Waals surface area contributed by atoms with Gasteiger partial charge in [-0.15, -0.1) is 0 Å². The van der Waals surface area contributed by atoms with E-state index in [0.29, 0.717) is 11.1 Å². The van der Waals surface area contributed by atoms with E-state index in [-0.39, 0.29) is 36.1 Å². The van der Waals surface area contributed by atoms with Crippen molar-refractivity contribution in [3.05, 3.63) is 71.3 Å². The average molecular weight is 414 g/mol. The third-order valence-corrected chi connectivity index (χ3v) is 6.04. The standard InChI is InChI=1S/C23H24F2N2O3/c24-17-6-7-20(25)19(11-17)15-8-9-27(22(30)21(26)14-4-5-14)23(12-15,13-28)16-2-1-3-18(29)10-16/h1-3,6-7,10-12,14,21,28-29H,4-5,8-9,13,26H2/t21-,23?/m0/s1. The van der Waals surface area contributed by atoms with Gasteiger partial charge in [0.15, 0.2) is 0 Å². The fourth-order valence-corrected chi connectivity index (χ4v) is 4.21. The lowest BCUT2D eigenvalue weighted by Gasteiger charge is -2.46. The number of halogens is 2. The fourth-order valence-electron chi connectivity index (χ4n) is 4.21. The number of aromatic hydroxyl groups is 1. The Morgan fingerprint density at radius 3 is 2.67 bits per heavy atom. The van der Waals surface area contributed by atoms with Gasteiger partial charge in [-0.1, -0.05) is 12.1 Å². The molecular weight excluding hydrogens is 390 g/mol. The maximum Gasteiger partial charge on any atom is 0.240 e. The van der Waals surface area contributed by atoms with Crippen LogP contribution in [0.4, 0.5) is 8.78 Å². The molecule has 1 fully saturated rings. The first-order chi connectivity index (χ1) is 14.4. The van der Waals surface area contributed by atoms with Crippen molar-refractivity contribution in [1.29, 1.82) is 0 Å². The van der Waals surface area contributed by atoms with E-state index in [1.807, 2.05) is 0 Å². The number of nitrogens with two attached hydrogens (primary N) is 1. The molecule has 2 aromatic rings. The van der Waals surface area contributed by atoms with E-state index in [9.17, 15) is 23.8 Å². The van der Waals surface area contributed by atoms with Crippen LogP contribution in [0.15, 0.2) is 48.5 Å². The summed E-state index contributed by atoms with van der Waals surface area (Å²) in [5.41, 5.74) is 5.86. The summed E-state index contributed by atoms with van der Waals surface area (Å²) < 4.78 is 28.3. The third kappa shape index (κ3) is 3.59. The summed E-state index contributed by atoms with van der Waals surface area (Å²) in [5, 5.41) is 20.5. The van der Waals surface area contributed by atoms with Crippen molar-refractivity contribution in [2.24, 2.45) is 11.7 Å². The van der Waals surface area contributed by atoms with Crippen LogP contribution in [-0.2, 0) is 10.3 Å². The predicted octanol–water partition coefficient (Wildman–Crippen LogP) is 2.91. The lowest BCUT2D eigenvalue weighted by Crippen LogP contribution is -2.58. The van der Waals surface area contributed by atoms with Crippen LogP contribution in [-0.4, -0.2) is 40.2 Å². The molecule has 0 aromatic heterocycles. The van der Waals surface area contributed by atoms with E-state index in [1.165, 1.54) is 17.0 Å². The highest BCUT2D eigenvalue weighted by molar-refractivity contribution is 5.85. The van der Waals surface area contributed by atoms with Gasteiger partial charge in [-0.25, -0.2) is 8.78 Å². The smallest absolute Gasteiger partial charge is 0.240 e. The molecule has 30 heavy (non-hydrogen) atoms. The molecule has 1 aliphatic heterocycles. The van der Waals surface area contributed by atoms with Crippen molar-refractivity contribution in [1.82, 2.24) is 4.90 Å². The number of aliphatic hydroxyl groups is 1. The van der Waals surface area contributed by atoms with Gasteiger partial charge in [0.2, 0.25) is 5.91 Å². The third-order valence-electron chi connectivity index (χ3n) is 6.04. The Kier molecular flexibility index (Phi) is 5.34. The van der Waals surface area contributed by atoms with Gasteiger partial charge in [0.1, 0.15) is 22.9 Å². The second kappa shape index (κ2) is 7.81. The van der Waals surface area contributed by atoms with E-state index in [2.05, 4.69) is 0 Å². The first-order valence-corrected chi connectivity index (χ1v) is 10.0. The van der Waals surface area contributed by atoms with Crippen LogP contribution in [0.1, 0.15) is 30.4 Å². The molecule has 1 unspecified atom stereocenters. The number of benzene rings is 2. The van der Waals surface area contributed by atoms with E-state index < -0.39 is 29.8 Å². The molecule has 7 heteroatoms. The zero-order chi connectivity index (χ0) is 21.5. The molecule has 0 saturated heterocycles. The Hall–Kier alpha value is -2.77. The second-order valence-corrected chi connectivity index (χ2v) is 8.03. The fraction of sp³-hybridized carbons (Fsp3) is 0.348. The van der Waals surface area contributed by atoms with E-state index in [4.69, 9.17) is 5.73 Å². The summed E-state index contributed by atoms with van der Waals surface area (Å²) in [5.74, 6) is -1.38. The number of nitrogens with zero attached hydrogens (tertiary/aromatic N) is 1. The van der Waals surface area contributed by atoms with Gasteiger partial charge in [0.25, 0.3) is 0 Å². The highest BCUT2D eigenvalue weighted by atomic mass is 19.1. The van der Waals surface area contributed by atoms with E-state index >= 15 is 0 Å². The average Bonchev–Trinajstić information content (AvgIpc) is 3.59. The van der Waals surface area contributed by atoms with Gasteiger partial charge >= 0.3 is 0 Å². The van der Waals surface area contributed by atoms with Crippen molar-refractivity contribution in [2.75, 3.05) is 13.2 Å². The summed E-state index contributed by atoms with van der Waals surface area (Å²) in [4.78, 5) is 14.7. The number of hydrogen-bond donors (Lipinski definition) is 3. The molecule has 0 radical (unpaired) electrons. The van der Waals surface area contributed by atoms with Crippen LogP contribution in [0.3, 0.4) is 0 Å². The maximum atomic E-state index is 14.5. The molecule has 1 saturated carbocycles. The van der Waals surface area contributed by atoms with Crippen LogP contribution < -0.4 is 5.73 Å². The van der Waals surface area contributed by atoms with Crippen LogP contribution in [0.5, 0.6) is 5.75 Å². The zero-order valence-electron chi connectivity index (χ0n) is 16.4. The topological polar surface area (TPSA) is 86.8 Å². The van der Waals surface area contributed by atoms with Crippen LogP contribution in [0, 0.1) is 17.6 Å². The van der Waals surface area contributed by atoms with Gasteiger partial charge < -0.3 is 20.8 Å². The first-order valence-electron chi connectivity index (χ1n) is 10.0. The summed E-state index contributed by atoms with van der Waals surface area (Å²) in [6.07, 6.45) is 3.65. The van der Waals surface area contributed by atoms with E-state index in [0.717, 1.165) is 31.0 Å². The van der Waals surface area contributed by atoms with E-state index in [1.54, 1.807) is 18.2 Å². The molecular formula is C23H24F2N2O3. The molecule has 158 valence electrons. The van der Waals surface area contributed by atoms with Gasteiger partial charge in [-0.2, -0.15) is 0 Å². The molecule has 1 heterocycles. The number of rotatable bonds is 5. The number of carbonyl (C=O) groups is 1. The van der Waals surface area contributed by atoms with Gasteiger partial charge in [0, 0.05) is 12.1 Å². The highest BCUT2D eigenvalue weighted by Crippen LogP contribution is 2.42. The Bertz CT molecular complexity index is 1010. The minimum Gasteiger partial charge on any atom is -0.508 e. The van der Waals surface area contributed by atoms with Crippen molar-refractivity contribution < 1.29 is 23.8 Å². The lowest BCUT2D eigenvalue weighted by molar-refractivity contribution is -0.140. The molecule has 4 rings (SSSR count). The van der Waals surface area contributed by atoms with Crippen molar-refractivity contribution in [3.8, 4) is 5.75 Å². The van der Waals surface area contributed by atoms with Gasteiger partial charge in [-0.3, -0.25) is 4.79 Å². The number of carbonyl (C=O) groups excluding carboxylic acids is 1. The predicted molar refractivity (Wildman–Crippen MR) is 108 cm³/mol. The van der Waals surface area contributed by atoms with Crippen molar-refractivity contribution in [2.45, 2.75) is 30.8 Å². The summed E-state index contributed by atoms with van der Waals surface area (Å²) in [6.45, 7) is -0.322. The second-order valence-electron chi connectivity index (χ2n) is 8.03. The number of hydrogen-bond acceptors (Lipinski definition) is 4. The maximum absolute atomic E-state index is 14.5. The largest absolute Gasteiger partial charge is 0.508 e. The summed E-state index contributed by atoms with van der Waals surface area (Å²) >= 11 is 0. The number of amides is 1. The molecule has 1 aliphatic carbocycles. The monoisotopic (exact) mass is 414 g/mol. The quantitative estimate of drug-likeness (QED) is 0.702. The van der Waals surface area contributed by atoms with Crippen LogP contribution >= 0.6 is 0 Å². The molecule has 2 atom stereocenters. The molecule has 0 spiro atoms. The SMILES string of the molecule is N[C@H](C(=O)N1CCC(c2cc(F)ccc2F)=CC1(CO)c1cccc(O)c1)C1CC1. The van der Waals surface area contributed by atoms with Crippen LogP contribution in [0.2, 0.25) is 0 Å². The molecule has 5 nitrogen and oxygen atoms in total. The highest BCUT2D eigenvalue weighted by Gasteiger charge is 2.46. The number of aliphatic hydroxyl groups excluding tert-OH is 1. The molecule has 2 aliphatic rings. The Morgan fingerprint density at radius 1 is 1.23 bits per heavy atom. The minimum atomic E-state index is -1.35. The molecule has 4 N–H and O–H groups in total. The zero-order valence-corrected chi connectivity index (χ0v) is 16.4. The summed E-state index contributed by atoms with van der Waals surface area (Å²) in [7, 11) is 0. The van der Waals surface area contributed by atoms with Crippen LogP contribution in [0.25, 0.3) is 5.57 Å². The Labute approximate surface area is 173 Å². The molecule has 0 bridgehead atoms. The van der Waals surface area contributed by atoms with Crippen molar-refractivity contribution >= 4 is 11.5 Å². The summed E-state index contributed by atoms with van der Waals surface area (Å²) in [6, 6.07) is 8.75.